The minimum absolute atomic E-state index is 0.174. The molecule has 32 heavy (non-hydrogen) atoms. The number of ketones is 2. The van der Waals surface area contributed by atoms with Crippen LogP contribution in [-0.2, 0) is 11.0 Å². The Hall–Kier alpha value is -3.53. The van der Waals surface area contributed by atoms with E-state index in [-0.39, 0.29) is 33.5 Å². The standard InChI is InChI=1S/C22H14F3N3O3S/c1-11(32-21-26-9-8-17(28-21)22(23,24)25)20(31)27-12-6-7-15-16(10-12)19(30)14-5-3-2-4-13(14)18(15)29/h2-11H,1H3,(H,27,31). The van der Waals surface area contributed by atoms with E-state index >= 15 is 0 Å². The third kappa shape index (κ3) is 4.13. The maximum atomic E-state index is 12.8. The van der Waals surface area contributed by atoms with Crippen LogP contribution < -0.4 is 5.32 Å². The second kappa shape index (κ2) is 8.19. The van der Waals surface area contributed by atoms with Crippen LogP contribution in [0.25, 0.3) is 0 Å². The highest BCUT2D eigenvalue weighted by Gasteiger charge is 2.33. The van der Waals surface area contributed by atoms with Gasteiger partial charge in [0.1, 0.15) is 5.69 Å². The van der Waals surface area contributed by atoms with Gasteiger partial charge in [0.15, 0.2) is 16.7 Å². The van der Waals surface area contributed by atoms with Crippen molar-refractivity contribution in [3.63, 3.8) is 0 Å². The van der Waals surface area contributed by atoms with Crippen molar-refractivity contribution in [2.45, 2.75) is 23.5 Å². The number of fused-ring (bicyclic) bond motifs is 2. The SMILES string of the molecule is CC(Sc1nccc(C(F)(F)F)n1)C(=O)Nc1ccc2c(c1)C(=O)c1ccccc1C2=O. The molecule has 0 saturated carbocycles. The summed E-state index contributed by atoms with van der Waals surface area (Å²) in [6.07, 6.45) is -3.64. The van der Waals surface area contributed by atoms with Crippen LogP contribution in [0.2, 0.25) is 0 Å². The number of thioether (sulfide) groups is 1. The molecule has 2 aromatic carbocycles. The summed E-state index contributed by atoms with van der Waals surface area (Å²) in [6, 6.07) is 11.6. The molecule has 1 unspecified atom stereocenters. The Morgan fingerprint density at radius 1 is 0.969 bits per heavy atom. The molecule has 162 valence electrons. The van der Waals surface area contributed by atoms with Gasteiger partial charge in [-0.2, -0.15) is 13.2 Å². The number of aromatic nitrogens is 2. The number of carbonyl (C=O) groups is 3. The molecule has 1 amide bonds. The summed E-state index contributed by atoms with van der Waals surface area (Å²) in [5, 5.41) is 1.60. The average Bonchev–Trinajstić information content (AvgIpc) is 2.77. The van der Waals surface area contributed by atoms with Gasteiger partial charge in [0, 0.05) is 34.1 Å². The monoisotopic (exact) mass is 457 g/mol. The summed E-state index contributed by atoms with van der Waals surface area (Å²) >= 11 is 0.766. The van der Waals surface area contributed by atoms with Crippen LogP contribution >= 0.6 is 11.8 Å². The van der Waals surface area contributed by atoms with Gasteiger partial charge < -0.3 is 5.32 Å². The normalized spacial score (nSPS) is 13.9. The molecule has 0 aliphatic heterocycles. The van der Waals surface area contributed by atoms with E-state index in [1.807, 2.05) is 0 Å². The number of hydrogen-bond acceptors (Lipinski definition) is 6. The van der Waals surface area contributed by atoms with Gasteiger partial charge >= 0.3 is 6.18 Å². The number of amides is 1. The fourth-order valence-electron chi connectivity index (χ4n) is 3.19. The summed E-state index contributed by atoms with van der Waals surface area (Å²) in [5.74, 6) is -1.13. The van der Waals surface area contributed by atoms with Crippen LogP contribution in [-0.4, -0.2) is 32.7 Å². The second-order valence-electron chi connectivity index (χ2n) is 6.94. The number of carbonyl (C=O) groups excluding carboxylic acids is 3. The van der Waals surface area contributed by atoms with E-state index in [4.69, 9.17) is 0 Å². The Bertz CT molecular complexity index is 1260. The molecule has 1 aliphatic carbocycles. The van der Waals surface area contributed by atoms with Gasteiger partial charge in [-0.1, -0.05) is 36.0 Å². The predicted molar refractivity (Wildman–Crippen MR) is 111 cm³/mol. The van der Waals surface area contributed by atoms with Crippen molar-refractivity contribution in [2.75, 3.05) is 5.32 Å². The number of hydrogen-bond donors (Lipinski definition) is 1. The van der Waals surface area contributed by atoms with Gasteiger partial charge in [-0.3, -0.25) is 14.4 Å². The summed E-state index contributed by atoms with van der Waals surface area (Å²) in [5.41, 5.74) is 0.221. The average molecular weight is 457 g/mol. The molecule has 1 heterocycles. The summed E-state index contributed by atoms with van der Waals surface area (Å²) in [7, 11) is 0. The number of nitrogens with one attached hydrogen (secondary N) is 1. The molecule has 0 bridgehead atoms. The first-order valence-corrected chi connectivity index (χ1v) is 10.2. The number of benzene rings is 2. The maximum absolute atomic E-state index is 12.8. The van der Waals surface area contributed by atoms with E-state index in [0.717, 1.165) is 24.0 Å². The molecule has 1 N–H and O–H groups in total. The minimum Gasteiger partial charge on any atom is -0.325 e. The third-order valence-electron chi connectivity index (χ3n) is 4.77. The number of alkyl halides is 3. The van der Waals surface area contributed by atoms with Crippen molar-refractivity contribution in [3.8, 4) is 0 Å². The Balaban J connectivity index is 1.51. The van der Waals surface area contributed by atoms with Crippen molar-refractivity contribution < 1.29 is 27.6 Å². The van der Waals surface area contributed by atoms with Crippen molar-refractivity contribution in [1.29, 1.82) is 0 Å². The minimum atomic E-state index is -4.62. The lowest BCUT2D eigenvalue weighted by molar-refractivity contribution is -0.141. The first-order valence-electron chi connectivity index (χ1n) is 9.35. The molecule has 6 nitrogen and oxygen atoms in total. The molecule has 0 fully saturated rings. The van der Waals surface area contributed by atoms with E-state index in [9.17, 15) is 27.6 Å². The summed E-state index contributed by atoms with van der Waals surface area (Å²) in [4.78, 5) is 45.2. The van der Waals surface area contributed by atoms with Gasteiger partial charge in [-0.05, 0) is 31.2 Å². The first-order chi connectivity index (χ1) is 15.1. The summed E-state index contributed by atoms with van der Waals surface area (Å²) < 4.78 is 38.4. The highest BCUT2D eigenvalue weighted by molar-refractivity contribution is 8.00. The Kier molecular flexibility index (Phi) is 5.55. The van der Waals surface area contributed by atoms with Crippen molar-refractivity contribution >= 4 is 34.9 Å². The maximum Gasteiger partial charge on any atom is 0.433 e. The van der Waals surface area contributed by atoms with Gasteiger partial charge in [0.25, 0.3) is 0 Å². The molecular weight excluding hydrogens is 443 g/mol. The lowest BCUT2D eigenvalue weighted by atomic mass is 9.84. The highest BCUT2D eigenvalue weighted by Crippen LogP contribution is 2.31. The lowest BCUT2D eigenvalue weighted by Crippen LogP contribution is -2.24. The number of anilines is 1. The van der Waals surface area contributed by atoms with Crippen LogP contribution in [0, 0.1) is 0 Å². The topological polar surface area (TPSA) is 89.0 Å². The van der Waals surface area contributed by atoms with E-state index in [2.05, 4.69) is 15.3 Å². The molecule has 1 atom stereocenters. The Labute approximate surface area is 184 Å². The van der Waals surface area contributed by atoms with Crippen LogP contribution in [0.4, 0.5) is 18.9 Å². The molecule has 0 radical (unpaired) electrons. The second-order valence-corrected chi connectivity index (χ2v) is 8.24. The molecule has 1 aromatic heterocycles. The zero-order valence-corrected chi connectivity index (χ0v) is 17.3. The molecule has 10 heteroatoms. The van der Waals surface area contributed by atoms with Crippen molar-refractivity contribution in [3.05, 3.63) is 82.7 Å². The fraction of sp³-hybridized carbons (Fsp3) is 0.136. The Morgan fingerprint density at radius 3 is 2.25 bits per heavy atom. The number of rotatable bonds is 4. The van der Waals surface area contributed by atoms with Crippen molar-refractivity contribution in [1.82, 2.24) is 9.97 Å². The van der Waals surface area contributed by atoms with Gasteiger partial charge in [-0.15, -0.1) is 0 Å². The van der Waals surface area contributed by atoms with Gasteiger partial charge in [-0.25, -0.2) is 9.97 Å². The molecule has 0 saturated heterocycles. The molecule has 0 spiro atoms. The largest absolute Gasteiger partial charge is 0.433 e. The first kappa shape index (κ1) is 21.7. The molecule has 3 aromatic rings. The predicted octanol–water partition coefficient (Wildman–Crippen LogP) is 4.39. The van der Waals surface area contributed by atoms with Crippen molar-refractivity contribution in [2.24, 2.45) is 0 Å². The zero-order chi connectivity index (χ0) is 23.0. The Morgan fingerprint density at radius 2 is 1.59 bits per heavy atom. The molecular formula is C22H14F3N3O3S. The number of halogens is 3. The van der Waals surface area contributed by atoms with Crippen LogP contribution in [0.3, 0.4) is 0 Å². The van der Waals surface area contributed by atoms with E-state index in [1.165, 1.54) is 25.1 Å². The van der Waals surface area contributed by atoms with Crippen LogP contribution in [0.1, 0.15) is 44.5 Å². The van der Waals surface area contributed by atoms with E-state index < -0.39 is 23.0 Å². The number of nitrogens with zero attached hydrogens (tertiary/aromatic N) is 2. The van der Waals surface area contributed by atoms with Crippen LogP contribution in [0.5, 0.6) is 0 Å². The lowest BCUT2D eigenvalue weighted by Gasteiger charge is -2.18. The van der Waals surface area contributed by atoms with Gasteiger partial charge in [0.05, 0.1) is 5.25 Å². The van der Waals surface area contributed by atoms with E-state index in [0.29, 0.717) is 11.1 Å². The molecule has 4 rings (SSSR count). The highest BCUT2D eigenvalue weighted by atomic mass is 32.2. The third-order valence-corrected chi connectivity index (χ3v) is 5.74. The molecule has 1 aliphatic rings. The smallest absolute Gasteiger partial charge is 0.325 e. The van der Waals surface area contributed by atoms with Crippen LogP contribution in [0.15, 0.2) is 59.9 Å². The fourth-order valence-corrected chi connectivity index (χ4v) is 3.94. The van der Waals surface area contributed by atoms with E-state index in [1.54, 1.807) is 24.3 Å². The summed E-state index contributed by atoms with van der Waals surface area (Å²) in [6.45, 7) is 1.49. The van der Waals surface area contributed by atoms with Gasteiger partial charge in [0.2, 0.25) is 5.91 Å². The quantitative estimate of drug-likeness (QED) is 0.361. The zero-order valence-electron chi connectivity index (χ0n) is 16.4.